The molecule has 0 fully saturated rings. The Morgan fingerprint density at radius 2 is 1.53 bits per heavy atom. The number of rotatable bonds is 4. The Labute approximate surface area is 121 Å². The average Bonchev–Trinajstić information content (AvgIpc) is 2.43. The highest BCUT2D eigenvalue weighted by Crippen LogP contribution is 2.22. The second kappa shape index (κ2) is 11.8. The van der Waals surface area contributed by atoms with Gasteiger partial charge in [0, 0.05) is 0 Å². The van der Waals surface area contributed by atoms with Crippen LogP contribution in [0.15, 0.2) is 37.4 Å². The molecular weight excluding hydrogens is 228 g/mol. The lowest BCUT2D eigenvalue weighted by Gasteiger charge is -2.15. The van der Waals surface area contributed by atoms with E-state index in [1.807, 2.05) is 13.8 Å². The summed E-state index contributed by atoms with van der Waals surface area (Å²) in [5.74, 6) is 0. The van der Waals surface area contributed by atoms with Crippen LogP contribution in [-0.2, 0) is 19.3 Å². The van der Waals surface area contributed by atoms with Crippen molar-refractivity contribution in [3.8, 4) is 0 Å². The number of allylic oxidation sites excluding steroid dienone is 1. The van der Waals surface area contributed by atoms with Gasteiger partial charge in [0.05, 0.1) is 0 Å². The van der Waals surface area contributed by atoms with Crippen molar-refractivity contribution in [2.75, 3.05) is 0 Å². The first kappa shape index (κ1) is 20.0. The van der Waals surface area contributed by atoms with E-state index < -0.39 is 0 Å². The molecule has 0 radical (unpaired) electrons. The zero-order chi connectivity index (χ0) is 15.4. The van der Waals surface area contributed by atoms with Gasteiger partial charge in [0.25, 0.3) is 0 Å². The Balaban J connectivity index is 0. The van der Waals surface area contributed by atoms with Crippen molar-refractivity contribution in [3.05, 3.63) is 59.7 Å². The summed E-state index contributed by atoms with van der Waals surface area (Å²) in [5.41, 5.74) is 7.21. The summed E-state index contributed by atoms with van der Waals surface area (Å²) >= 11 is 0. The molecule has 0 unspecified atom stereocenters. The smallest absolute Gasteiger partial charge is 0.00670 e. The molecular formula is C19H32. The third-order valence-electron chi connectivity index (χ3n) is 2.98. The fourth-order valence-electron chi connectivity index (χ4n) is 2.20. The van der Waals surface area contributed by atoms with E-state index in [4.69, 9.17) is 0 Å². The maximum Gasteiger partial charge on any atom is -0.00670 e. The molecule has 0 aromatic heterocycles. The van der Waals surface area contributed by atoms with Crippen LogP contribution in [0, 0.1) is 6.92 Å². The first-order valence-corrected chi connectivity index (χ1v) is 7.34. The van der Waals surface area contributed by atoms with Crippen molar-refractivity contribution in [2.45, 2.75) is 60.8 Å². The highest BCUT2D eigenvalue weighted by molar-refractivity contribution is 5.42. The third kappa shape index (κ3) is 6.42. The minimum atomic E-state index is 1.04. The van der Waals surface area contributed by atoms with Gasteiger partial charge in [-0.25, -0.2) is 0 Å². The standard InChI is InChI=1S/C15H22.C2H6.C2H4/c1-6-13-9-8-12(5)14(7-2)15(13)10-11(3)4;2*1-2/h8-9H,3,6-7,10H2,1-2,4-5H3;1-2H3;1-2H2. The quantitative estimate of drug-likeness (QED) is 0.577. The minimum absolute atomic E-state index is 1.04. The Morgan fingerprint density at radius 3 is 1.89 bits per heavy atom. The summed E-state index contributed by atoms with van der Waals surface area (Å²) < 4.78 is 0. The van der Waals surface area contributed by atoms with Crippen molar-refractivity contribution >= 4 is 0 Å². The summed E-state index contributed by atoms with van der Waals surface area (Å²) in [5, 5.41) is 0. The summed E-state index contributed by atoms with van der Waals surface area (Å²) in [6.45, 7) is 22.8. The van der Waals surface area contributed by atoms with Crippen molar-refractivity contribution < 1.29 is 0 Å². The van der Waals surface area contributed by atoms with Crippen LogP contribution in [-0.4, -0.2) is 0 Å². The average molecular weight is 260 g/mol. The number of hydrogen-bond donors (Lipinski definition) is 0. The molecule has 0 amide bonds. The monoisotopic (exact) mass is 260 g/mol. The van der Waals surface area contributed by atoms with Crippen LogP contribution < -0.4 is 0 Å². The Morgan fingerprint density at radius 1 is 1.00 bits per heavy atom. The lowest BCUT2D eigenvalue weighted by Crippen LogP contribution is -2.02. The lowest BCUT2D eigenvalue weighted by atomic mass is 9.90. The summed E-state index contributed by atoms with van der Waals surface area (Å²) in [6.07, 6.45) is 3.28. The highest BCUT2D eigenvalue weighted by Gasteiger charge is 2.08. The largest absolute Gasteiger partial charge is 0.106 e. The van der Waals surface area contributed by atoms with Crippen molar-refractivity contribution in [1.29, 1.82) is 0 Å². The van der Waals surface area contributed by atoms with Crippen molar-refractivity contribution in [3.63, 3.8) is 0 Å². The zero-order valence-corrected chi connectivity index (χ0v) is 13.9. The van der Waals surface area contributed by atoms with Crippen LogP contribution in [0.25, 0.3) is 0 Å². The molecule has 0 heterocycles. The first-order chi connectivity index (χ1) is 9.10. The molecule has 0 nitrogen and oxygen atoms in total. The molecule has 0 aliphatic heterocycles. The third-order valence-corrected chi connectivity index (χ3v) is 2.98. The van der Waals surface area contributed by atoms with E-state index in [2.05, 4.69) is 59.6 Å². The number of hydrogen-bond acceptors (Lipinski definition) is 0. The first-order valence-electron chi connectivity index (χ1n) is 7.34. The van der Waals surface area contributed by atoms with Crippen LogP contribution in [0.5, 0.6) is 0 Å². The van der Waals surface area contributed by atoms with Gasteiger partial charge in [-0.3, -0.25) is 0 Å². The SMILES string of the molecule is C=C.C=C(C)Cc1c(CC)ccc(C)c1CC.CC. The van der Waals surface area contributed by atoms with Crippen LogP contribution in [0.3, 0.4) is 0 Å². The number of aryl methyl sites for hydroxylation is 2. The topological polar surface area (TPSA) is 0 Å². The van der Waals surface area contributed by atoms with E-state index >= 15 is 0 Å². The maximum atomic E-state index is 4.03. The number of benzene rings is 1. The molecule has 0 aliphatic rings. The second-order valence-electron chi connectivity index (χ2n) is 4.34. The van der Waals surface area contributed by atoms with Gasteiger partial charge in [0.15, 0.2) is 0 Å². The Hall–Kier alpha value is -1.30. The van der Waals surface area contributed by atoms with E-state index in [1.54, 1.807) is 0 Å². The minimum Gasteiger partial charge on any atom is -0.106 e. The molecule has 0 saturated heterocycles. The molecule has 0 aliphatic carbocycles. The highest BCUT2D eigenvalue weighted by atomic mass is 14.1. The molecule has 1 aromatic rings. The molecule has 108 valence electrons. The molecule has 0 N–H and O–H groups in total. The molecule has 0 heteroatoms. The van der Waals surface area contributed by atoms with Crippen LogP contribution in [0.4, 0.5) is 0 Å². The molecule has 0 bridgehead atoms. The van der Waals surface area contributed by atoms with E-state index in [1.165, 1.54) is 27.8 Å². The van der Waals surface area contributed by atoms with Crippen molar-refractivity contribution in [2.24, 2.45) is 0 Å². The lowest BCUT2D eigenvalue weighted by molar-refractivity contribution is 0.978. The van der Waals surface area contributed by atoms with E-state index in [-0.39, 0.29) is 0 Å². The Bertz CT molecular complexity index is 372. The van der Waals surface area contributed by atoms with Gasteiger partial charge in [0.2, 0.25) is 0 Å². The summed E-state index contributed by atoms with van der Waals surface area (Å²) in [6, 6.07) is 4.52. The predicted octanol–water partition coefficient (Wildman–Crippen LogP) is 6.07. The molecule has 0 saturated carbocycles. The molecule has 1 aromatic carbocycles. The molecule has 19 heavy (non-hydrogen) atoms. The van der Waals surface area contributed by atoms with Gasteiger partial charge in [-0.1, -0.05) is 52.0 Å². The van der Waals surface area contributed by atoms with E-state index in [9.17, 15) is 0 Å². The normalized spacial score (nSPS) is 8.74. The van der Waals surface area contributed by atoms with E-state index in [0.717, 1.165) is 19.3 Å². The zero-order valence-electron chi connectivity index (χ0n) is 13.9. The van der Waals surface area contributed by atoms with Gasteiger partial charge in [0.1, 0.15) is 0 Å². The summed E-state index contributed by atoms with van der Waals surface area (Å²) in [7, 11) is 0. The van der Waals surface area contributed by atoms with Gasteiger partial charge in [-0.15, -0.1) is 13.2 Å². The molecule has 0 atom stereocenters. The fourth-order valence-corrected chi connectivity index (χ4v) is 2.20. The maximum absolute atomic E-state index is 4.03. The van der Waals surface area contributed by atoms with Crippen LogP contribution >= 0.6 is 0 Å². The predicted molar refractivity (Wildman–Crippen MR) is 91.1 cm³/mol. The van der Waals surface area contributed by atoms with E-state index in [0.29, 0.717) is 0 Å². The van der Waals surface area contributed by atoms with Gasteiger partial charge in [-0.05, 0) is 55.4 Å². The molecule has 1 rings (SSSR count). The van der Waals surface area contributed by atoms with Gasteiger partial charge < -0.3 is 0 Å². The summed E-state index contributed by atoms with van der Waals surface area (Å²) in [4.78, 5) is 0. The van der Waals surface area contributed by atoms with Crippen LogP contribution in [0.1, 0.15) is 56.9 Å². The van der Waals surface area contributed by atoms with Gasteiger partial charge >= 0.3 is 0 Å². The Kier molecular flexibility index (Phi) is 12.4. The second-order valence-corrected chi connectivity index (χ2v) is 4.34. The van der Waals surface area contributed by atoms with Crippen molar-refractivity contribution in [1.82, 2.24) is 0 Å². The fraction of sp³-hybridized carbons (Fsp3) is 0.474. The van der Waals surface area contributed by atoms with Crippen LogP contribution in [0.2, 0.25) is 0 Å². The molecule has 0 spiro atoms. The van der Waals surface area contributed by atoms with Gasteiger partial charge in [-0.2, -0.15) is 0 Å².